The molecule has 0 spiro atoms. The Morgan fingerprint density at radius 1 is 1.00 bits per heavy atom. The van der Waals surface area contributed by atoms with Gasteiger partial charge in [0.1, 0.15) is 12.4 Å². The van der Waals surface area contributed by atoms with Crippen LogP contribution in [0.5, 0.6) is 0 Å². The van der Waals surface area contributed by atoms with Crippen LogP contribution in [0.1, 0.15) is 5.56 Å². The first kappa shape index (κ1) is 18.9. The van der Waals surface area contributed by atoms with Crippen LogP contribution in [-0.2, 0) is 22.6 Å². The molecule has 2 aromatic rings. The van der Waals surface area contributed by atoms with Crippen molar-refractivity contribution in [2.24, 2.45) is 0 Å². The van der Waals surface area contributed by atoms with Crippen LogP contribution in [0.15, 0.2) is 51.9 Å². The van der Waals surface area contributed by atoms with Gasteiger partial charge in [0, 0.05) is 29.8 Å². The predicted octanol–water partition coefficient (Wildman–Crippen LogP) is 1.22. The average Bonchev–Trinajstić information content (AvgIpc) is 2.57. The van der Waals surface area contributed by atoms with E-state index in [1.54, 1.807) is 18.2 Å². The summed E-state index contributed by atoms with van der Waals surface area (Å²) in [6.07, 6.45) is 1.67. The molecule has 0 bridgehead atoms. The van der Waals surface area contributed by atoms with Gasteiger partial charge in [0.15, 0.2) is 0 Å². The van der Waals surface area contributed by atoms with Gasteiger partial charge in [0.2, 0.25) is 11.8 Å². The molecule has 0 atom stereocenters. The molecular formula is C17H17BrFN3O3. The lowest BCUT2D eigenvalue weighted by Gasteiger charge is -2.09. The molecule has 1 aromatic carbocycles. The third kappa shape index (κ3) is 6.50. The number of benzene rings is 1. The summed E-state index contributed by atoms with van der Waals surface area (Å²) in [7, 11) is 0. The van der Waals surface area contributed by atoms with Crippen molar-refractivity contribution in [1.82, 2.24) is 15.2 Å². The Hall–Kier alpha value is -2.48. The van der Waals surface area contributed by atoms with Crippen molar-refractivity contribution in [3.05, 3.63) is 68.8 Å². The zero-order valence-electron chi connectivity index (χ0n) is 13.3. The first-order chi connectivity index (χ1) is 11.9. The molecule has 8 heteroatoms. The first-order valence-corrected chi connectivity index (χ1v) is 8.37. The van der Waals surface area contributed by atoms with Gasteiger partial charge in [-0.05, 0) is 39.7 Å². The van der Waals surface area contributed by atoms with Crippen molar-refractivity contribution in [2.75, 3.05) is 13.1 Å². The number of nitrogens with zero attached hydrogens (tertiary/aromatic N) is 1. The van der Waals surface area contributed by atoms with Crippen LogP contribution < -0.4 is 16.2 Å². The van der Waals surface area contributed by atoms with Crippen LogP contribution in [-0.4, -0.2) is 29.5 Å². The summed E-state index contributed by atoms with van der Waals surface area (Å²) in [5, 5.41) is 5.29. The summed E-state index contributed by atoms with van der Waals surface area (Å²) in [5.74, 6) is -0.895. The summed E-state index contributed by atoms with van der Waals surface area (Å²) >= 11 is 3.24. The second-order valence-corrected chi connectivity index (χ2v) is 6.23. The Balaban J connectivity index is 1.69. The van der Waals surface area contributed by atoms with Crippen LogP contribution in [0.25, 0.3) is 0 Å². The van der Waals surface area contributed by atoms with E-state index >= 15 is 0 Å². The maximum atomic E-state index is 12.8. The van der Waals surface area contributed by atoms with E-state index in [1.165, 1.54) is 29.0 Å². The maximum Gasteiger partial charge on any atom is 0.251 e. The Kier molecular flexibility index (Phi) is 6.88. The van der Waals surface area contributed by atoms with Crippen LogP contribution in [0.3, 0.4) is 0 Å². The molecule has 0 unspecified atom stereocenters. The third-order valence-electron chi connectivity index (χ3n) is 3.31. The van der Waals surface area contributed by atoms with Crippen LogP contribution in [0.2, 0.25) is 0 Å². The first-order valence-electron chi connectivity index (χ1n) is 7.58. The summed E-state index contributed by atoms with van der Waals surface area (Å²) in [6.45, 7) is 0.414. The van der Waals surface area contributed by atoms with Crippen molar-refractivity contribution in [1.29, 1.82) is 0 Å². The second kappa shape index (κ2) is 9.12. The molecule has 1 heterocycles. The lowest BCUT2D eigenvalue weighted by molar-refractivity contribution is -0.123. The van der Waals surface area contributed by atoms with Crippen LogP contribution in [0.4, 0.5) is 4.39 Å². The van der Waals surface area contributed by atoms with Gasteiger partial charge >= 0.3 is 0 Å². The lowest BCUT2D eigenvalue weighted by atomic mass is 10.1. The molecule has 0 aliphatic heterocycles. The fourth-order valence-corrected chi connectivity index (χ4v) is 2.47. The molecule has 6 nitrogen and oxygen atoms in total. The SMILES string of the molecule is O=C(Cc1ccc(F)cc1)NCCNC(=O)Cn1cc(Br)ccc1=O. The highest BCUT2D eigenvalue weighted by Gasteiger charge is 2.06. The Bertz CT molecular complexity index is 806. The van der Waals surface area contributed by atoms with Gasteiger partial charge in [-0.15, -0.1) is 0 Å². The molecule has 0 radical (unpaired) electrons. The number of hydrogen-bond acceptors (Lipinski definition) is 3. The second-order valence-electron chi connectivity index (χ2n) is 5.32. The highest BCUT2D eigenvalue weighted by atomic mass is 79.9. The molecule has 2 amide bonds. The highest BCUT2D eigenvalue weighted by molar-refractivity contribution is 9.10. The van der Waals surface area contributed by atoms with Crippen molar-refractivity contribution >= 4 is 27.7 Å². The molecule has 132 valence electrons. The molecule has 0 aliphatic rings. The number of carbonyl (C=O) groups is 2. The van der Waals surface area contributed by atoms with E-state index in [0.717, 1.165) is 0 Å². The van der Waals surface area contributed by atoms with Gasteiger partial charge in [-0.25, -0.2) is 4.39 Å². The summed E-state index contributed by atoms with van der Waals surface area (Å²) in [4.78, 5) is 35.2. The molecule has 0 fully saturated rings. The molecule has 1 aromatic heterocycles. The van der Waals surface area contributed by atoms with Gasteiger partial charge in [0.05, 0.1) is 6.42 Å². The highest BCUT2D eigenvalue weighted by Crippen LogP contribution is 2.04. The number of halogens is 2. The Morgan fingerprint density at radius 3 is 2.32 bits per heavy atom. The molecule has 2 rings (SSSR count). The lowest BCUT2D eigenvalue weighted by Crippen LogP contribution is -2.37. The van der Waals surface area contributed by atoms with Crippen molar-refractivity contribution < 1.29 is 14.0 Å². The van der Waals surface area contributed by atoms with Crippen molar-refractivity contribution in [2.45, 2.75) is 13.0 Å². The Labute approximate surface area is 152 Å². The third-order valence-corrected chi connectivity index (χ3v) is 3.78. The van der Waals surface area contributed by atoms with E-state index in [2.05, 4.69) is 26.6 Å². The fraction of sp³-hybridized carbons (Fsp3) is 0.235. The predicted molar refractivity (Wildman–Crippen MR) is 94.5 cm³/mol. The van der Waals surface area contributed by atoms with Crippen molar-refractivity contribution in [3.63, 3.8) is 0 Å². The number of carbonyl (C=O) groups excluding carboxylic acids is 2. The number of rotatable bonds is 7. The molecule has 0 saturated heterocycles. The van der Waals surface area contributed by atoms with Crippen LogP contribution >= 0.6 is 15.9 Å². The van der Waals surface area contributed by atoms with E-state index in [-0.39, 0.29) is 49.2 Å². The standard InChI is InChI=1S/C17H17BrFN3O3/c18-13-3-6-17(25)22(10-13)11-16(24)21-8-7-20-15(23)9-12-1-4-14(19)5-2-12/h1-6,10H,7-9,11H2,(H,20,23)(H,21,24). The van der Waals surface area contributed by atoms with Gasteiger partial charge in [-0.3, -0.25) is 14.4 Å². The molecule has 25 heavy (non-hydrogen) atoms. The Morgan fingerprint density at radius 2 is 1.64 bits per heavy atom. The quantitative estimate of drug-likeness (QED) is 0.674. The number of amides is 2. The van der Waals surface area contributed by atoms with E-state index in [1.807, 2.05) is 0 Å². The summed E-state index contributed by atoms with van der Waals surface area (Å²) in [6, 6.07) is 8.67. The number of pyridine rings is 1. The maximum absolute atomic E-state index is 12.8. The smallest absolute Gasteiger partial charge is 0.251 e. The monoisotopic (exact) mass is 409 g/mol. The fourth-order valence-electron chi connectivity index (χ4n) is 2.09. The van der Waals surface area contributed by atoms with E-state index in [0.29, 0.717) is 10.0 Å². The minimum atomic E-state index is -0.351. The largest absolute Gasteiger partial charge is 0.354 e. The molecule has 0 saturated carbocycles. The minimum Gasteiger partial charge on any atom is -0.354 e. The van der Waals surface area contributed by atoms with Crippen LogP contribution in [0, 0.1) is 5.82 Å². The number of nitrogens with one attached hydrogen (secondary N) is 2. The topological polar surface area (TPSA) is 80.2 Å². The molecule has 2 N–H and O–H groups in total. The zero-order valence-corrected chi connectivity index (χ0v) is 14.9. The van der Waals surface area contributed by atoms with Gasteiger partial charge in [-0.1, -0.05) is 12.1 Å². The molecule has 0 aliphatic carbocycles. The van der Waals surface area contributed by atoms with Crippen molar-refractivity contribution in [3.8, 4) is 0 Å². The number of hydrogen-bond donors (Lipinski definition) is 2. The average molecular weight is 410 g/mol. The van der Waals surface area contributed by atoms with Gasteiger partial charge in [-0.2, -0.15) is 0 Å². The van der Waals surface area contributed by atoms with E-state index in [9.17, 15) is 18.8 Å². The van der Waals surface area contributed by atoms with E-state index < -0.39 is 0 Å². The number of aromatic nitrogens is 1. The molecular weight excluding hydrogens is 393 g/mol. The van der Waals surface area contributed by atoms with Gasteiger partial charge in [0.25, 0.3) is 5.56 Å². The normalized spacial score (nSPS) is 10.3. The summed E-state index contributed by atoms with van der Waals surface area (Å²) in [5.41, 5.74) is 0.433. The minimum absolute atomic E-state index is 0.0954. The summed E-state index contributed by atoms with van der Waals surface area (Å²) < 4.78 is 14.8. The van der Waals surface area contributed by atoms with Gasteiger partial charge < -0.3 is 15.2 Å². The van der Waals surface area contributed by atoms with E-state index in [4.69, 9.17) is 0 Å². The zero-order chi connectivity index (χ0) is 18.2.